The first-order valence-corrected chi connectivity index (χ1v) is 7.94. The first-order chi connectivity index (χ1) is 9.65. The van der Waals surface area contributed by atoms with E-state index in [0.29, 0.717) is 0 Å². The Labute approximate surface area is 136 Å². The number of fused-ring (bicyclic) bond motifs is 1. The molecule has 0 saturated carbocycles. The van der Waals surface area contributed by atoms with Gasteiger partial charge in [0.1, 0.15) is 0 Å². The average molecular weight is 398 g/mol. The molecule has 2 aromatic carbocycles. The molecule has 0 bridgehead atoms. The molecule has 1 amide bonds. The number of carbonyl (C=O) groups excluding carboxylic acids is 1. The molecular formula is C16H13ClINO. The third kappa shape index (κ3) is 2.69. The van der Waals surface area contributed by atoms with Gasteiger partial charge in [-0.05, 0) is 70.8 Å². The summed E-state index contributed by atoms with van der Waals surface area (Å²) >= 11 is 8.19. The van der Waals surface area contributed by atoms with Gasteiger partial charge in [0.25, 0.3) is 5.91 Å². The van der Waals surface area contributed by atoms with Crippen molar-refractivity contribution >= 4 is 40.1 Å². The summed E-state index contributed by atoms with van der Waals surface area (Å²) in [4.78, 5) is 12.4. The van der Waals surface area contributed by atoms with Gasteiger partial charge in [-0.25, -0.2) is 0 Å². The van der Waals surface area contributed by atoms with E-state index >= 15 is 0 Å². The highest BCUT2D eigenvalue weighted by atomic mass is 127. The Bertz CT molecular complexity index is 671. The van der Waals surface area contributed by atoms with Crippen molar-refractivity contribution < 1.29 is 4.79 Å². The fraction of sp³-hybridized carbons (Fsp3) is 0.188. The minimum atomic E-state index is -0.0113. The van der Waals surface area contributed by atoms with Crippen LogP contribution in [0, 0.1) is 3.57 Å². The van der Waals surface area contributed by atoms with Crippen molar-refractivity contribution in [3.63, 3.8) is 0 Å². The number of nitrogens with one attached hydrogen (secondary N) is 1. The van der Waals surface area contributed by atoms with Crippen LogP contribution in [0.3, 0.4) is 0 Å². The largest absolute Gasteiger partial charge is 0.345 e. The molecule has 0 spiro atoms. The molecule has 1 unspecified atom stereocenters. The summed E-state index contributed by atoms with van der Waals surface area (Å²) in [7, 11) is 0. The van der Waals surface area contributed by atoms with E-state index in [-0.39, 0.29) is 11.9 Å². The topological polar surface area (TPSA) is 29.1 Å². The SMILES string of the molecule is O=C(NC1CCc2cc(Cl)ccc21)c1ccccc1I. The van der Waals surface area contributed by atoms with Gasteiger partial charge in [-0.3, -0.25) is 4.79 Å². The summed E-state index contributed by atoms with van der Waals surface area (Å²) < 4.78 is 0.969. The number of benzene rings is 2. The molecule has 2 nitrogen and oxygen atoms in total. The van der Waals surface area contributed by atoms with Gasteiger partial charge in [0.2, 0.25) is 0 Å². The zero-order valence-electron chi connectivity index (χ0n) is 10.7. The third-order valence-electron chi connectivity index (χ3n) is 3.61. The molecule has 0 fully saturated rings. The summed E-state index contributed by atoms with van der Waals surface area (Å²) in [5, 5.41) is 3.88. The lowest BCUT2D eigenvalue weighted by Gasteiger charge is -2.15. The van der Waals surface area contributed by atoms with Crippen LogP contribution in [0.25, 0.3) is 0 Å². The molecule has 102 valence electrons. The number of amides is 1. The Balaban J connectivity index is 1.81. The van der Waals surface area contributed by atoms with Crippen molar-refractivity contribution in [3.8, 4) is 0 Å². The van der Waals surface area contributed by atoms with Gasteiger partial charge >= 0.3 is 0 Å². The number of hydrogen-bond acceptors (Lipinski definition) is 1. The van der Waals surface area contributed by atoms with Crippen molar-refractivity contribution in [1.29, 1.82) is 0 Å². The van der Waals surface area contributed by atoms with E-state index in [1.807, 2.05) is 42.5 Å². The van der Waals surface area contributed by atoms with Gasteiger partial charge in [-0.15, -0.1) is 0 Å². The summed E-state index contributed by atoms with van der Waals surface area (Å²) in [6.07, 6.45) is 1.90. The van der Waals surface area contributed by atoms with Crippen LogP contribution in [0.15, 0.2) is 42.5 Å². The Hall–Kier alpha value is -1.07. The van der Waals surface area contributed by atoms with E-state index in [9.17, 15) is 4.79 Å². The molecule has 0 aliphatic heterocycles. The van der Waals surface area contributed by atoms with Crippen LogP contribution >= 0.6 is 34.2 Å². The van der Waals surface area contributed by atoms with Gasteiger partial charge < -0.3 is 5.32 Å². The Morgan fingerprint density at radius 3 is 2.85 bits per heavy atom. The van der Waals surface area contributed by atoms with Gasteiger partial charge in [-0.1, -0.05) is 29.8 Å². The maximum atomic E-state index is 12.4. The molecule has 20 heavy (non-hydrogen) atoms. The van der Waals surface area contributed by atoms with Crippen LogP contribution in [0.2, 0.25) is 5.02 Å². The lowest BCUT2D eigenvalue weighted by molar-refractivity contribution is 0.0936. The molecule has 1 N–H and O–H groups in total. The number of carbonyl (C=O) groups is 1. The summed E-state index contributed by atoms with van der Waals surface area (Å²) in [5.74, 6) is -0.0113. The van der Waals surface area contributed by atoms with Crippen molar-refractivity contribution in [1.82, 2.24) is 5.32 Å². The lowest BCUT2D eigenvalue weighted by Crippen LogP contribution is -2.27. The minimum Gasteiger partial charge on any atom is -0.345 e. The predicted octanol–water partition coefficient (Wildman–Crippen LogP) is 4.36. The lowest BCUT2D eigenvalue weighted by atomic mass is 10.1. The summed E-state index contributed by atoms with van der Waals surface area (Å²) in [5.41, 5.74) is 3.16. The van der Waals surface area contributed by atoms with E-state index in [1.165, 1.54) is 11.1 Å². The van der Waals surface area contributed by atoms with Crippen molar-refractivity contribution in [2.45, 2.75) is 18.9 Å². The van der Waals surface area contributed by atoms with E-state index in [4.69, 9.17) is 11.6 Å². The van der Waals surface area contributed by atoms with E-state index in [2.05, 4.69) is 27.9 Å². The molecule has 0 aromatic heterocycles. The standard InChI is InChI=1S/C16H13ClINO/c17-11-6-7-12-10(9-11)5-8-15(12)19-16(20)13-3-1-2-4-14(13)18/h1-4,6-7,9,15H,5,8H2,(H,19,20). The molecule has 0 saturated heterocycles. The van der Waals surface area contributed by atoms with Gasteiger partial charge in [-0.2, -0.15) is 0 Å². The van der Waals surface area contributed by atoms with Gasteiger partial charge in [0.05, 0.1) is 11.6 Å². The monoisotopic (exact) mass is 397 g/mol. The maximum Gasteiger partial charge on any atom is 0.252 e. The highest BCUT2D eigenvalue weighted by molar-refractivity contribution is 14.1. The van der Waals surface area contributed by atoms with Gasteiger partial charge in [0.15, 0.2) is 0 Å². The normalized spacial score (nSPS) is 16.8. The highest BCUT2D eigenvalue weighted by Crippen LogP contribution is 2.33. The van der Waals surface area contributed by atoms with Crippen LogP contribution in [0.5, 0.6) is 0 Å². The minimum absolute atomic E-state index is 0.0113. The molecule has 2 aromatic rings. The zero-order valence-corrected chi connectivity index (χ0v) is 13.6. The average Bonchev–Trinajstić information content (AvgIpc) is 2.81. The second-order valence-corrected chi connectivity index (χ2v) is 6.49. The van der Waals surface area contributed by atoms with E-state index in [0.717, 1.165) is 27.0 Å². The van der Waals surface area contributed by atoms with Crippen LogP contribution < -0.4 is 5.32 Å². The molecular weight excluding hydrogens is 385 g/mol. The summed E-state index contributed by atoms with van der Waals surface area (Å²) in [6.45, 7) is 0. The van der Waals surface area contributed by atoms with E-state index in [1.54, 1.807) is 0 Å². The molecule has 0 radical (unpaired) electrons. The fourth-order valence-electron chi connectivity index (χ4n) is 2.62. The van der Waals surface area contributed by atoms with Crippen LogP contribution in [0.1, 0.15) is 33.9 Å². The van der Waals surface area contributed by atoms with Crippen LogP contribution in [-0.4, -0.2) is 5.91 Å². The molecule has 1 aliphatic carbocycles. The van der Waals surface area contributed by atoms with Gasteiger partial charge in [0, 0.05) is 8.59 Å². The first-order valence-electron chi connectivity index (χ1n) is 6.49. The first kappa shape index (κ1) is 13.9. The summed E-state index contributed by atoms with van der Waals surface area (Å²) in [6, 6.07) is 13.6. The van der Waals surface area contributed by atoms with Crippen LogP contribution in [0.4, 0.5) is 0 Å². The molecule has 1 aliphatic rings. The third-order valence-corrected chi connectivity index (χ3v) is 4.78. The Kier molecular flexibility index (Phi) is 3.98. The Morgan fingerprint density at radius 2 is 2.05 bits per heavy atom. The quantitative estimate of drug-likeness (QED) is 0.750. The smallest absolute Gasteiger partial charge is 0.252 e. The highest BCUT2D eigenvalue weighted by Gasteiger charge is 2.24. The van der Waals surface area contributed by atoms with Crippen molar-refractivity contribution in [2.24, 2.45) is 0 Å². The second kappa shape index (κ2) is 5.74. The van der Waals surface area contributed by atoms with Crippen molar-refractivity contribution in [3.05, 3.63) is 67.7 Å². The molecule has 1 atom stereocenters. The van der Waals surface area contributed by atoms with Crippen molar-refractivity contribution in [2.75, 3.05) is 0 Å². The van der Waals surface area contributed by atoms with Crippen LogP contribution in [-0.2, 0) is 6.42 Å². The Morgan fingerprint density at radius 1 is 1.25 bits per heavy atom. The maximum absolute atomic E-state index is 12.4. The number of rotatable bonds is 2. The second-order valence-electron chi connectivity index (χ2n) is 4.89. The molecule has 4 heteroatoms. The van der Waals surface area contributed by atoms with E-state index < -0.39 is 0 Å². The molecule has 3 rings (SSSR count). The number of hydrogen-bond donors (Lipinski definition) is 1. The number of aryl methyl sites for hydroxylation is 1. The number of halogens is 2. The zero-order chi connectivity index (χ0) is 14.1. The molecule has 0 heterocycles. The predicted molar refractivity (Wildman–Crippen MR) is 89.1 cm³/mol. The fourth-order valence-corrected chi connectivity index (χ4v) is 3.44.